The largest absolute Gasteiger partial charge is 0.390 e. The van der Waals surface area contributed by atoms with Crippen LogP contribution in [0.2, 0.25) is 0 Å². The number of rotatable bonds is 6. The van der Waals surface area contributed by atoms with Crippen molar-refractivity contribution in [1.29, 1.82) is 0 Å². The third-order valence-corrected chi connectivity index (χ3v) is 7.21. The minimum absolute atomic E-state index is 0.0558. The van der Waals surface area contributed by atoms with Gasteiger partial charge in [0, 0.05) is 0 Å². The molecule has 2 saturated heterocycles. The highest BCUT2D eigenvalue weighted by molar-refractivity contribution is 5.94. The Kier molecular flexibility index (Phi) is 5.36. The summed E-state index contributed by atoms with van der Waals surface area (Å²) in [5, 5.41) is 10.9. The molecule has 2 heterocycles. The lowest BCUT2D eigenvalue weighted by atomic mass is 9.54. The van der Waals surface area contributed by atoms with Gasteiger partial charge in [-0.15, -0.1) is 0 Å². The Morgan fingerprint density at radius 2 is 1.44 bits per heavy atom. The zero-order chi connectivity index (χ0) is 22.3. The van der Waals surface area contributed by atoms with Gasteiger partial charge in [-0.05, 0) is 30.0 Å². The van der Waals surface area contributed by atoms with E-state index < -0.39 is 17.6 Å². The summed E-state index contributed by atoms with van der Waals surface area (Å²) in [4.78, 5) is 16.1. The minimum atomic E-state index is -0.818. The van der Waals surface area contributed by atoms with Gasteiger partial charge in [0.1, 0.15) is 17.6 Å². The van der Waals surface area contributed by atoms with Gasteiger partial charge >= 0.3 is 0 Å². The van der Waals surface area contributed by atoms with Crippen molar-refractivity contribution in [1.82, 2.24) is 4.90 Å². The smallest absolute Gasteiger partial charge is 0.238 e. The average molecular weight is 428 g/mol. The van der Waals surface area contributed by atoms with Crippen molar-refractivity contribution in [3.63, 3.8) is 0 Å². The summed E-state index contributed by atoms with van der Waals surface area (Å²) in [6, 6.07) is 30.0. The number of amides is 1. The van der Waals surface area contributed by atoms with Gasteiger partial charge in [-0.3, -0.25) is 4.79 Å². The predicted octanol–water partition coefficient (Wildman–Crippen LogP) is 5.23. The molecule has 0 bridgehead atoms. The molecule has 0 unspecified atom stereocenters. The molecule has 5 rings (SSSR count). The number of hydrogen-bond acceptors (Lipinski definition) is 3. The molecule has 2 aliphatic rings. The maximum Gasteiger partial charge on any atom is 0.238 e. The lowest BCUT2D eigenvalue weighted by Gasteiger charge is -2.69. The second kappa shape index (κ2) is 8.19. The molecule has 4 heteroatoms. The fraction of sp³-hybridized carbons (Fsp3) is 0.321. The lowest BCUT2D eigenvalue weighted by molar-refractivity contribution is -0.329. The van der Waals surface area contributed by atoms with Gasteiger partial charge in [0.05, 0.1) is 18.2 Å². The van der Waals surface area contributed by atoms with Crippen LogP contribution in [-0.2, 0) is 9.53 Å². The SMILES string of the molecule is CC[C@H](O)[C@@H]1O[C@H](c2ccccc2)[C@]12C(=O)N([C@@H](C)c1ccccc1)[C@@H]2c1ccccc1. The van der Waals surface area contributed by atoms with Crippen LogP contribution in [0.3, 0.4) is 0 Å². The van der Waals surface area contributed by atoms with Gasteiger partial charge in [-0.2, -0.15) is 0 Å². The molecule has 3 aromatic carbocycles. The van der Waals surface area contributed by atoms with Gasteiger partial charge in [0.25, 0.3) is 0 Å². The number of β-lactam (4-membered cyclic amide) rings is 1. The van der Waals surface area contributed by atoms with Crippen molar-refractivity contribution in [3.8, 4) is 0 Å². The van der Waals surface area contributed by atoms with Crippen molar-refractivity contribution in [3.05, 3.63) is 108 Å². The highest BCUT2D eigenvalue weighted by Crippen LogP contribution is 2.69. The second-order valence-corrected chi connectivity index (χ2v) is 8.87. The molecule has 2 aliphatic heterocycles. The maximum absolute atomic E-state index is 14.1. The van der Waals surface area contributed by atoms with E-state index in [-0.39, 0.29) is 24.1 Å². The number of aliphatic hydroxyl groups excluding tert-OH is 1. The van der Waals surface area contributed by atoms with E-state index in [2.05, 4.69) is 31.2 Å². The highest BCUT2D eigenvalue weighted by Gasteiger charge is 2.77. The van der Waals surface area contributed by atoms with Crippen LogP contribution in [-0.4, -0.2) is 28.1 Å². The molecule has 32 heavy (non-hydrogen) atoms. The van der Waals surface area contributed by atoms with Gasteiger partial charge in [-0.1, -0.05) is 97.9 Å². The molecular formula is C28H29NO3. The number of nitrogens with zero attached hydrogens (tertiary/aromatic N) is 1. The van der Waals surface area contributed by atoms with Crippen LogP contribution in [0.15, 0.2) is 91.0 Å². The average Bonchev–Trinajstić information content (AvgIpc) is 2.83. The number of aliphatic hydroxyl groups is 1. The predicted molar refractivity (Wildman–Crippen MR) is 124 cm³/mol. The standard InChI is InChI=1S/C28H29NO3/c1-3-23(30)26-28(25(32-26)22-17-11-6-12-18-22)24(21-15-9-5-10-16-21)29(27(28)31)19(2)20-13-7-4-8-14-20/h4-19,23-26,30H,3H2,1-2H3/t19-,23-,24+,25+,26-,28-/m0/s1. The topological polar surface area (TPSA) is 49.8 Å². The van der Waals surface area contributed by atoms with Crippen LogP contribution >= 0.6 is 0 Å². The molecule has 6 atom stereocenters. The Bertz CT molecular complexity index is 1070. The van der Waals surface area contributed by atoms with Crippen LogP contribution in [0, 0.1) is 5.41 Å². The fourth-order valence-corrected chi connectivity index (χ4v) is 5.57. The van der Waals surface area contributed by atoms with Gasteiger partial charge in [0.2, 0.25) is 5.91 Å². The zero-order valence-electron chi connectivity index (χ0n) is 18.5. The van der Waals surface area contributed by atoms with Crippen molar-refractivity contribution >= 4 is 5.91 Å². The van der Waals surface area contributed by atoms with Crippen LogP contribution in [0.1, 0.15) is 55.1 Å². The number of hydrogen-bond donors (Lipinski definition) is 1. The Hall–Kier alpha value is -2.95. The lowest BCUT2D eigenvalue weighted by Crippen LogP contribution is -2.78. The number of ether oxygens (including phenoxy) is 1. The van der Waals surface area contributed by atoms with E-state index in [1.54, 1.807) is 0 Å². The van der Waals surface area contributed by atoms with Gasteiger partial charge in [0.15, 0.2) is 0 Å². The molecule has 2 fully saturated rings. The fourth-order valence-electron chi connectivity index (χ4n) is 5.57. The van der Waals surface area contributed by atoms with Crippen LogP contribution in [0.25, 0.3) is 0 Å². The van der Waals surface area contributed by atoms with E-state index >= 15 is 0 Å². The summed E-state index contributed by atoms with van der Waals surface area (Å²) < 4.78 is 6.29. The van der Waals surface area contributed by atoms with E-state index in [1.807, 2.05) is 78.6 Å². The Labute approximate surface area is 189 Å². The summed E-state index contributed by atoms with van der Waals surface area (Å²) in [7, 11) is 0. The molecule has 0 aliphatic carbocycles. The van der Waals surface area contributed by atoms with E-state index in [9.17, 15) is 9.90 Å². The summed E-state index contributed by atoms with van der Waals surface area (Å²) in [5.41, 5.74) is 2.34. The molecular weight excluding hydrogens is 398 g/mol. The molecule has 164 valence electrons. The zero-order valence-corrected chi connectivity index (χ0v) is 18.5. The molecule has 1 spiro atoms. The third kappa shape index (κ3) is 2.94. The number of carbonyl (C=O) groups excluding carboxylic acids is 1. The molecule has 0 aromatic heterocycles. The summed E-state index contributed by atoms with van der Waals surface area (Å²) in [5.74, 6) is 0.0558. The minimum Gasteiger partial charge on any atom is -0.390 e. The summed E-state index contributed by atoms with van der Waals surface area (Å²) in [6.45, 7) is 4.01. The highest BCUT2D eigenvalue weighted by atomic mass is 16.5. The monoisotopic (exact) mass is 427 g/mol. The van der Waals surface area contributed by atoms with E-state index in [4.69, 9.17) is 4.74 Å². The molecule has 1 amide bonds. The van der Waals surface area contributed by atoms with Crippen LogP contribution in [0.4, 0.5) is 0 Å². The second-order valence-electron chi connectivity index (χ2n) is 8.87. The Morgan fingerprint density at radius 3 is 2.00 bits per heavy atom. The first-order valence-electron chi connectivity index (χ1n) is 11.4. The van der Waals surface area contributed by atoms with Crippen molar-refractivity contribution in [2.75, 3.05) is 0 Å². The molecule has 3 aromatic rings. The Balaban J connectivity index is 1.63. The van der Waals surface area contributed by atoms with Gasteiger partial charge < -0.3 is 14.7 Å². The van der Waals surface area contributed by atoms with E-state index in [0.717, 1.165) is 16.7 Å². The summed E-state index contributed by atoms with van der Waals surface area (Å²) >= 11 is 0. The number of benzene rings is 3. The van der Waals surface area contributed by atoms with E-state index in [0.29, 0.717) is 6.42 Å². The Morgan fingerprint density at radius 1 is 0.906 bits per heavy atom. The van der Waals surface area contributed by atoms with Crippen molar-refractivity contribution in [2.24, 2.45) is 5.41 Å². The van der Waals surface area contributed by atoms with Crippen molar-refractivity contribution in [2.45, 2.75) is 50.7 Å². The first kappa shape index (κ1) is 20.9. The van der Waals surface area contributed by atoms with Gasteiger partial charge in [-0.25, -0.2) is 0 Å². The van der Waals surface area contributed by atoms with E-state index in [1.165, 1.54) is 0 Å². The summed E-state index contributed by atoms with van der Waals surface area (Å²) in [6.07, 6.45) is -1.07. The third-order valence-electron chi connectivity index (χ3n) is 7.21. The quantitative estimate of drug-likeness (QED) is 0.548. The first-order valence-corrected chi connectivity index (χ1v) is 11.4. The molecule has 0 saturated carbocycles. The number of carbonyl (C=O) groups is 1. The van der Waals surface area contributed by atoms with Crippen LogP contribution < -0.4 is 0 Å². The molecule has 0 radical (unpaired) electrons. The molecule has 1 N–H and O–H groups in total. The first-order chi connectivity index (χ1) is 15.6. The van der Waals surface area contributed by atoms with Crippen molar-refractivity contribution < 1.29 is 14.6 Å². The normalized spacial score (nSPS) is 28.7. The molecule has 4 nitrogen and oxygen atoms in total. The maximum atomic E-state index is 14.1. The van der Waals surface area contributed by atoms with Crippen LogP contribution in [0.5, 0.6) is 0 Å². The number of likely N-dealkylation sites (tertiary alicyclic amines) is 1.